The number of nitrogens with zero attached hydrogens (tertiary/aromatic N) is 3. The van der Waals surface area contributed by atoms with Crippen molar-refractivity contribution in [1.29, 1.82) is 0 Å². The van der Waals surface area contributed by atoms with Crippen LogP contribution in [0, 0.1) is 24.0 Å². The van der Waals surface area contributed by atoms with Gasteiger partial charge in [0.1, 0.15) is 4.90 Å². The second-order valence-electron chi connectivity index (χ2n) is 6.98. The summed E-state index contributed by atoms with van der Waals surface area (Å²) in [6.07, 6.45) is 1.66. The lowest BCUT2D eigenvalue weighted by Crippen LogP contribution is -2.10. The molecule has 0 amide bonds. The molecular weight excluding hydrogens is 470 g/mol. The van der Waals surface area contributed by atoms with Crippen LogP contribution in [0.15, 0.2) is 91.3 Å². The first-order valence-electron chi connectivity index (χ1n) is 9.30. The molecule has 0 aromatic heterocycles. The number of sulfonamides is 1. The highest BCUT2D eigenvalue weighted by molar-refractivity contribution is 8.17. The molecule has 0 N–H and O–H groups in total. The fraction of sp³-hybridized carbons (Fsp3) is 0.143. The maximum atomic E-state index is 13.9. The van der Waals surface area contributed by atoms with E-state index in [4.69, 9.17) is 0 Å². The summed E-state index contributed by atoms with van der Waals surface area (Å²) in [7, 11) is -8.00. The van der Waals surface area contributed by atoms with Gasteiger partial charge >= 0.3 is 0 Å². The minimum atomic E-state index is -4.27. The first-order valence-corrected chi connectivity index (χ1v) is 13.8. The standard InChI is InChI=1S/C21H21N3O5S3/c1-16-4-12-20(13-5-16)31(27,23-32(28,29)21-14-6-17(2)7-15-21)22-30(3)19-10-8-18(9-11-19)24(25)26/h4-15H,1-3H3. The van der Waals surface area contributed by atoms with E-state index in [1.54, 1.807) is 42.7 Å². The number of nitro groups is 1. The Balaban J connectivity index is 2.08. The quantitative estimate of drug-likeness (QED) is 0.263. The van der Waals surface area contributed by atoms with Gasteiger partial charge in [-0.1, -0.05) is 35.4 Å². The molecule has 2 unspecified atom stereocenters. The van der Waals surface area contributed by atoms with Gasteiger partial charge in [-0.25, -0.2) is 0 Å². The van der Waals surface area contributed by atoms with Gasteiger partial charge in [0.25, 0.3) is 15.7 Å². The lowest BCUT2D eigenvalue weighted by molar-refractivity contribution is -0.384. The first-order chi connectivity index (χ1) is 15.0. The molecule has 8 nitrogen and oxygen atoms in total. The number of hydrogen-bond donors (Lipinski definition) is 0. The highest BCUT2D eigenvalue weighted by Crippen LogP contribution is 2.31. The van der Waals surface area contributed by atoms with E-state index in [1.807, 2.05) is 13.8 Å². The van der Waals surface area contributed by atoms with Crippen molar-refractivity contribution in [2.45, 2.75) is 28.5 Å². The van der Waals surface area contributed by atoms with Crippen molar-refractivity contribution in [2.75, 3.05) is 6.26 Å². The summed E-state index contributed by atoms with van der Waals surface area (Å²) in [6.45, 7) is 3.68. The van der Waals surface area contributed by atoms with E-state index in [2.05, 4.69) is 7.90 Å². The average molecular weight is 492 g/mol. The van der Waals surface area contributed by atoms with Gasteiger partial charge in [-0.05, 0) is 61.3 Å². The minimum Gasteiger partial charge on any atom is -0.324 e. The summed E-state index contributed by atoms with van der Waals surface area (Å²) >= 11 is -1.06. The average Bonchev–Trinajstić information content (AvgIpc) is 2.74. The zero-order valence-electron chi connectivity index (χ0n) is 17.5. The fourth-order valence-corrected chi connectivity index (χ4v) is 8.17. The van der Waals surface area contributed by atoms with Crippen LogP contribution in [0.2, 0.25) is 0 Å². The van der Waals surface area contributed by atoms with Crippen LogP contribution < -0.4 is 0 Å². The molecule has 3 aromatic rings. The zero-order valence-corrected chi connectivity index (χ0v) is 20.0. The van der Waals surface area contributed by atoms with Crippen LogP contribution in [-0.4, -0.2) is 23.8 Å². The van der Waals surface area contributed by atoms with Gasteiger partial charge in [-0.2, -0.15) is 8.42 Å². The van der Waals surface area contributed by atoms with Crippen molar-refractivity contribution in [3.05, 3.63) is 98.2 Å². The second kappa shape index (κ2) is 9.41. The van der Waals surface area contributed by atoms with Crippen molar-refractivity contribution in [3.8, 4) is 0 Å². The van der Waals surface area contributed by atoms with E-state index in [-0.39, 0.29) is 15.5 Å². The van der Waals surface area contributed by atoms with Crippen LogP contribution in [0.25, 0.3) is 4.13 Å². The molecule has 0 aliphatic carbocycles. The van der Waals surface area contributed by atoms with Crippen molar-refractivity contribution in [3.63, 3.8) is 0 Å². The third-order valence-electron chi connectivity index (χ3n) is 4.45. The van der Waals surface area contributed by atoms with Crippen molar-refractivity contribution < 1.29 is 17.6 Å². The molecule has 0 saturated heterocycles. The number of aryl methyl sites for hydroxylation is 2. The summed E-state index contributed by atoms with van der Waals surface area (Å²) in [5.41, 5.74) is 1.69. The van der Waals surface area contributed by atoms with Gasteiger partial charge in [-0.3, -0.25) is 14.3 Å². The molecule has 168 valence electrons. The fourth-order valence-electron chi connectivity index (χ4n) is 2.66. The third-order valence-corrected chi connectivity index (χ3v) is 10.5. The summed E-state index contributed by atoms with van der Waals surface area (Å²) in [4.78, 5) is 11.0. The number of benzene rings is 3. The van der Waals surface area contributed by atoms with Gasteiger partial charge in [-0.15, -0.1) is 3.77 Å². The van der Waals surface area contributed by atoms with Crippen molar-refractivity contribution in [1.82, 2.24) is 0 Å². The molecule has 0 fully saturated rings. The highest BCUT2D eigenvalue weighted by atomic mass is 32.3. The van der Waals surface area contributed by atoms with Crippen LogP contribution in [0.4, 0.5) is 5.69 Å². The van der Waals surface area contributed by atoms with Crippen molar-refractivity contribution >= 4 is 36.7 Å². The molecule has 2 atom stereocenters. The van der Waals surface area contributed by atoms with Gasteiger partial charge < -0.3 is 4.13 Å². The lowest BCUT2D eigenvalue weighted by Gasteiger charge is -2.23. The molecule has 0 bridgehead atoms. The Morgan fingerprint density at radius 2 is 1.28 bits per heavy atom. The number of non-ortho nitro benzene ring substituents is 1. The zero-order chi connectivity index (χ0) is 23.5. The highest BCUT2D eigenvalue weighted by Gasteiger charge is 2.21. The molecule has 0 aliphatic rings. The molecule has 0 saturated carbocycles. The Bertz CT molecular complexity index is 1350. The maximum absolute atomic E-state index is 13.9. The molecule has 0 aliphatic heterocycles. The first kappa shape index (κ1) is 23.9. The Kier molecular flexibility index (Phi) is 7.03. The number of hydrogen-bond acceptors (Lipinski definition) is 5. The number of rotatable bonds is 7. The van der Waals surface area contributed by atoms with Gasteiger partial charge in [0, 0.05) is 26.9 Å². The summed E-state index contributed by atoms with van der Waals surface area (Å²) in [5, 5.41) is 10.9. The second-order valence-corrected chi connectivity index (χ2v) is 12.5. The Hall–Kier alpha value is -2.73. The van der Waals surface area contributed by atoms with E-state index >= 15 is 0 Å². The minimum absolute atomic E-state index is 0.0792. The maximum Gasteiger partial charge on any atom is 0.289 e. The SMILES string of the molecule is Cc1ccc(S(=O)(=O)N=S(=O)([N-][S+](C)c2ccc([N+](=O)[O-])cc2)c2ccc(C)cc2)cc1. The summed E-state index contributed by atoms with van der Waals surface area (Å²) in [6, 6.07) is 18.2. The van der Waals surface area contributed by atoms with Gasteiger partial charge in [0.2, 0.25) is 0 Å². The molecular formula is C21H21N3O5S3. The van der Waals surface area contributed by atoms with E-state index in [1.165, 1.54) is 36.4 Å². The number of nitro benzene ring substituents is 1. The molecule has 0 heterocycles. The Morgan fingerprint density at radius 3 is 1.75 bits per heavy atom. The topological polar surface area (TPSA) is 121 Å². The molecule has 3 rings (SSSR count). The molecule has 0 spiro atoms. The normalized spacial score (nSPS) is 14.3. The third kappa shape index (κ3) is 5.54. The predicted molar refractivity (Wildman–Crippen MR) is 126 cm³/mol. The molecule has 3 aromatic carbocycles. The molecule has 32 heavy (non-hydrogen) atoms. The summed E-state index contributed by atoms with van der Waals surface area (Å²) < 4.78 is 47.9. The molecule has 0 radical (unpaired) electrons. The van der Waals surface area contributed by atoms with Crippen LogP contribution in [0.3, 0.4) is 0 Å². The van der Waals surface area contributed by atoms with E-state index in [9.17, 15) is 22.7 Å². The van der Waals surface area contributed by atoms with Crippen LogP contribution in [0.1, 0.15) is 11.1 Å². The lowest BCUT2D eigenvalue weighted by atomic mass is 10.2. The van der Waals surface area contributed by atoms with E-state index in [0.29, 0.717) is 4.90 Å². The monoisotopic (exact) mass is 491 g/mol. The van der Waals surface area contributed by atoms with Crippen molar-refractivity contribution in [2.24, 2.45) is 3.77 Å². The van der Waals surface area contributed by atoms with Crippen LogP contribution in [-0.2, 0) is 31.0 Å². The summed E-state index contributed by atoms with van der Waals surface area (Å²) in [5.74, 6) is 0. The van der Waals surface area contributed by atoms with Gasteiger partial charge in [0.15, 0.2) is 0 Å². The largest absolute Gasteiger partial charge is 0.324 e. The van der Waals surface area contributed by atoms with Crippen LogP contribution >= 0.6 is 0 Å². The van der Waals surface area contributed by atoms with Crippen LogP contribution in [0.5, 0.6) is 0 Å². The Labute approximate surface area is 190 Å². The van der Waals surface area contributed by atoms with E-state index in [0.717, 1.165) is 11.1 Å². The van der Waals surface area contributed by atoms with E-state index < -0.39 is 35.9 Å². The van der Waals surface area contributed by atoms with Gasteiger partial charge in [0.05, 0.1) is 16.1 Å². The Morgan fingerprint density at radius 1 is 0.812 bits per heavy atom. The smallest absolute Gasteiger partial charge is 0.289 e. The molecule has 11 heteroatoms. The predicted octanol–water partition coefficient (Wildman–Crippen LogP) is 4.94.